The third-order valence-corrected chi connectivity index (χ3v) is 2.15. The summed E-state index contributed by atoms with van der Waals surface area (Å²) in [6.45, 7) is 1.19. The molecule has 0 spiro atoms. The lowest BCUT2D eigenvalue weighted by atomic mass is 10.0. The van der Waals surface area contributed by atoms with Crippen molar-refractivity contribution in [3.05, 3.63) is 0 Å². The number of nitrogens with one attached hydrogen (secondary N) is 1. The summed E-state index contributed by atoms with van der Waals surface area (Å²) in [7, 11) is 1.39. The van der Waals surface area contributed by atoms with Crippen molar-refractivity contribution in [2.75, 3.05) is 20.2 Å². The number of hydrogen-bond donors (Lipinski definition) is 2. The molecule has 0 amide bonds. The van der Waals surface area contributed by atoms with Crippen LogP contribution in [0.25, 0.3) is 0 Å². The van der Waals surface area contributed by atoms with E-state index in [-0.39, 0.29) is 18.0 Å². The van der Waals surface area contributed by atoms with Crippen LogP contribution in [0.5, 0.6) is 0 Å². The molecule has 1 heterocycles. The summed E-state index contributed by atoms with van der Waals surface area (Å²) in [4.78, 5) is 11.1. The van der Waals surface area contributed by atoms with Gasteiger partial charge in [-0.05, 0) is 12.8 Å². The van der Waals surface area contributed by atoms with Gasteiger partial charge in [-0.1, -0.05) is 0 Å². The molecule has 1 rings (SSSR count). The fourth-order valence-corrected chi connectivity index (χ4v) is 1.39. The van der Waals surface area contributed by atoms with E-state index in [0.29, 0.717) is 25.9 Å². The number of β-amino-alcohol motifs (C(OH)–C–C–N with tert-alkyl or cyclic N) is 1. The van der Waals surface area contributed by atoms with E-state index in [1.807, 2.05) is 0 Å². The summed E-state index contributed by atoms with van der Waals surface area (Å²) in [6.07, 6.45) is 1.06. The van der Waals surface area contributed by atoms with Crippen LogP contribution in [0.3, 0.4) is 0 Å². The molecule has 1 aliphatic rings. The maximum atomic E-state index is 11.1. The van der Waals surface area contributed by atoms with Gasteiger partial charge in [-0.15, -0.1) is 0 Å². The molecule has 4 heteroatoms. The lowest BCUT2D eigenvalue weighted by Crippen LogP contribution is -2.29. The van der Waals surface area contributed by atoms with Crippen molar-refractivity contribution < 1.29 is 14.6 Å². The molecule has 2 atom stereocenters. The number of carbonyl (C=O) groups excluding carboxylic acids is 1. The van der Waals surface area contributed by atoms with Gasteiger partial charge in [-0.2, -0.15) is 0 Å². The van der Waals surface area contributed by atoms with Crippen LogP contribution < -0.4 is 5.32 Å². The molecule has 1 saturated heterocycles. The number of ether oxygens (including phenoxy) is 1. The number of carbonyl (C=O) groups is 1. The molecule has 0 aliphatic carbocycles. The molecule has 12 heavy (non-hydrogen) atoms. The fourth-order valence-electron chi connectivity index (χ4n) is 1.39. The van der Waals surface area contributed by atoms with E-state index in [4.69, 9.17) is 0 Å². The first-order chi connectivity index (χ1) is 5.74. The van der Waals surface area contributed by atoms with Crippen molar-refractivity contribution in [3.63, 3.8) is 0 Å². The predicted molar refractivity (Wildman–Crippen MR) is 43.6 cm³/mol. The first kappa shape index (κ1) is 9.48. The van der Waals surface area contributed by atoms with Crippen molar-refractivity contribution in [2.24, 2.45) is 5.92 Å². The molecule has 4 nitrogen and oxygen atoms in total. The Hall–Kier alpha value is -0.610. The molecule has 0 aromatic rings. The summed E-state index contributed by atoms with van der Waals surface area (Å²) in [6, 6.07) is 0. The van der Waals surface area contributed by atoms with Gasteiger partial charge in [0.1, 0.15) is 0 Å². The minimum atomic E-state index is -0.320. The zero-order valence-corrected chi connectivity index (χ0v) is 7.25. The zero-order valence-electron chi connectivity index (χ0n) is 7.25. The topological polar surface area (TPSA) is 58.6 Å². The molecular weight excluding hydrogens is 158 g/mol. The zero-order chi connectivity index (χ0) is 8.97. The highest BCUT2D eigenvalue weighted by Crippen LogP contribution is 2.12. The van der Waals surface area contributed by atoms with Gasteiger partial charge in [0.2, 0.25) is 0 Å². The van der Waals surface area contributed by atoms with Crippen molar-refractivity contribution >= 4 is 5.97 Å². The molecule has 0 aromatic carbocycles. The van der Waals surface area contributed by atoms with Gasteiger partial charge in [-0.25, -0.2) is 0 Å². The monoisotopic (exact) mass is 173 g/mol. The average Bonchev–Trinajstić information content (AvgIpc) is 2.29. The Labute approximate surface area is 71.9 Å². The summed E-state index contributed by atoms with van der Waals surface area (Å²) < 4.78 is 4.62. The smallest absolute Gasteiger partial charge is 0.309 e. The minimum absolute atomic E-state index is 0.0906. The molecule has 0 unspecified atom stereocenters. The van der Waals surface area contributed by atoms with Crippen LogP contribution in [0.4, 0.5) is 0 Å². The summed E-state index contributed by atoms with van der Waals surface area (Å²) >= 11 is 0. The van der Waals surface area contributed by atoms with E-state index in [2.05, 4.69) is 10.1 Å². The minimum Gasteiger partial charge on any atom is -0.469 e. The quantitative estimate of drug-likeness (QED) is 0.526. The predicted octanol–water partition coefficient (Wildman–Crippen LogP) is -0.480. The van der Waals surface area contributed by atoms with Crippen LogP contribution >= 0.6 is 0 Å². The number of rotatable bonds is 1. The van der Waals surface area contributed by atoms with Gasteiger partial charge in [-0.3, -0.25) is 4.79 Å². The van der Waals surface area contributed by atoms with E-state index >= 15 is 0 Å². The molecule has 1 fully saturated rings. The standard InChI is InChI=1S/C8H15NO3/c1-12-8(11)6-2-3-7(10)5-9-4-6/h6-7,9-10H,2-5H2,1H3/t6-,7+/m1/s1. The molecule has 0 saturated carbocycles. The number of aliphatic hydroxyl groups is 1. The van der Waals surface area contributed by atoms with Crippen LogP contribution in [0.15, 0.2) is 0 Å². The van der Waals surface area contributed by atoms with Gasteiger partial charge in [0, 0.05) is 13.1 Å². The number of methoxy groups -OCH3 is 1. The van der Waals surface area contributed by atoms with Crippen LogP contribution in [0.1, 0.15) is 12.8 Å². The van der Waals surface area contributed by atoms with Crippen LogP contribution in [-0.4, -0.2) is 37.4 Å². The summed E-state index contributed by atoms with van der Waals surface area (Å²) in [5.74, 6) is -0.274. The molecular formula is C8H15NO3. The second-order valence-corrected chi connectivity index (χ2v) is 3.11. The van der Waals surface area contributed by atoms with Gasteiger partial charge in [0.25, 0.3) is 0 Å². The Morgan fingerprint density at radius 3 is 2.92 bits per heavy atom. The van der Waals surface area contributed by atoms with Gasteiger partial charge >= 0.3 is 5.97 Å². The Morgan fingerprint density at radius 1 is 1.50 bits per heavy atom. The Balaban J connectivity index is 2.40. The average molecular weight is 173 g/mol. The van der Waals surface area contributed by atoms with Crippen LogP contribution in [-0.2, 0) is 9.53 Å². The molecule has 1 aliphatic heterocycles. The molecule has 0 bridgehead atoms. The fraction of sp³-hybridized carbons (Fsp3) is 0.875. The van der Waals surface area contributed by atoms with Gasteiger partial charge in [0.15, 0.2) is 0 Å². The highest BCUT2D eigenvalue weighted by molar-refractivity contribution is 5.72. The Bertz CT molecular complexity index is 160. The second kappa shape index (κ2) is 4.42. The van der Waals surface area contributed by atoms with E-state index in [1.165, 1.54) is 7.11 Å². The summed E-state index contributed by atoms with van der Waals surface area (Å²) in [5, 5.41) is 12.3. The lowest BCUT2D eigenvalue weighted by molar-refractivity contribution is -0.145. The second-order valence-electron chi connectivity index (χ2n) is 3.11. The van der Waals surface area contributed by atoms with E-state index in [9.17, 15) is 9.90 Å². The normalized spacial score (nSPS) is 30.8. The van der Waals surface area contributed by atoms with Crippen molar-refractivity contribution in [3.8, 4) is 0 Å². The molecule has 70 valence electrons. The van der Waals surface area contributed by atoms with E-state index < -0.39 is 0 Å². The Morgan fingerprint density at radius 2 is 2.25 bits per heavy atom. The summed E-state index contributed by atoms with van der Waals surface area (Å²) in [5.41, 5.74) is 0. The van der Waals surface area contributed by atoms with Crippen molar-refractivity contribution in [1.82, 2.24) is 5.32 Å². The maximum Gasteiger partial charge on any atom is 0.309 e. The first-order valence-electron chi connectivity index (χ1n) is 4.20. The van der Waals surface area contributed by atoms with Gasteiger partial charge in [0.05, 0.1) is 19.1 Å². The third kappa shape index (κ3) is 2.46. The Kier molecular flexibility index (Phi) is 3.49. The van der Waals surface area contributed by atoms with Crippen LogP contribution in [0, 0.1) is 5.92 Å². The van der Waals surface area contributed by atoms with Crippen molar-refractivity contribution in [2.45, 2.75) is 18.9 Å². The molecule has 0 radical (unpaired) electrons. The largest absolute Gasteiger partial charge is 0.469 e. The SMILES string of the molecule is COC(=O)[C@@H]1CC[C@H](O)CNC1. The number of hydrogen-bond acceptors (Lipinski definition) is 4. The highest BCUT2D eigenvalue weighted by atomic mass is 16.5. The third-order valence-electron chi connectivity index (χ3n) is 2.15. The maximum absolute atomic E-state index is 11.1. The lowest BCUT2D eigenvalue weighted by Gasteiger charge is -2.10. The highest BCUT2D eigenvalue weighted by Gasteiger charge is 2.22. The van der Waals surface area contributed by atoms with Crippen molar-refractivity contribution in [1.29, 1.82) is 0 Å². The number of esters is 1. The van der Waals surface area contributed by atoms with E-state index in [1.54, 1.807) is 0 Å². The molecule has 0 aromatic heterocycles. The first-order valence-corrected chi connectivity index (χ1v) is 4.20. The molecule has 2 N–H and O–H groups in total. The van der Waals surface area contributed by atoms with Gasteiger partial charge < -0.3 is 15.2 Å². The van der Waals surface area contributed by atoms with Crippen LogP contribution in [0.2, 0.25) is 0 Å². The van der Waals surface area contributed by atoms with E-state index in [0.717, 1.165) is 0 Å². The number of aliphatic hydroxyl groups excluding tert-OH is 1.